The summed E-state index contributed by atoms with van der Waals surface area (Å²) in [5.74, 6) is -0.536. The second kappa shape index (κ2) is 7.96. The third-order valence-corrected chi connectivity index (χ3v) is 4.40. The number of anilines is 2. The van der Waals surface area contributed by atoms with E-state index in [1.807, 2.05) is 32.0 Å². The average Bonchev–Trinajstić information content (AvgIpc) is 3.06. The highest BCUT2D eigenvalue weighted by molar-refractivity contribution is 6.05. The smallest absolute Gasteiger partial charge is 0.343 e. The number of aromatic nitrogens is 2. The molecule has 0 aliphatic rings. The Kier molecular flexibility index (Phi) is 5.44. The first kappa shape index (κ1) is 19.2. The molecule has 0 aliphatic carbocycles. The second-order valence-electron chi connectivity index (χ2n) is 6.34. The molecule has 0 spiro atoms. The summed E-state index contributed by atoms with van der Waals surface area (Å²) in [4.78, 5) is 24.5. The summed E-state index contributed by atoms with van der Waals surface area (Å²) in [5, 5.41) is 7.10. The second-order valence-corrected chi connectivity index (χ2v) is 6.34. The van der Waals surface area contributed by atoms with E-state index in [4.69, 9.17) is 10.5 Å². The van der Waals surface area contributed by atoms with Gasteiger partial charge in [-0.15, -0.1) is 0 Å². The molecule has 1 aromatic heterocycles. The van der Waals surface area contributed by atoms with Gasteiger partial charge in [0, 0.05) is 11.3 Å². The molecule has 144 valence electrons. The number of benzene rings is 2. The maximum atomic E-state index is 12.6. The van der Waals surface area contributed by atoms with Gasteiger partial charge in [0.2, 0.25) is 0 Å². The zero-order valence-corrected chi connectivity index (χ0v) is 16.0. The van der Waals surface area contributed by atoms with Gasteiger partial charge < -0.3 is 15.8 Å². The van der Waals surface area contributed by atoms with Crippen molar-refractivity contribution in [3.8, 4) is 5.69 Å². The molecule has 3 rings (SSSR count). The number of hydrogen-bond donors (Lipinski definition) is 2. The first-order valence-corrected chi connectivity index (χ1v) is 8.91. The third kappa shape index (κ3) is 3.73. The Balaban J connectivity index is 1.80. The Morgan fingerprint density at radius 3 is 2.36 bits per heavy atom. The molecule has 0 fully saturated rings. The van der Waals surface area contributed by atoms with Crippen LogP contribution in [0, 0.1) is 13.8 Å². The zero-order chi connectivity index (χ0) is 20.3. The molecule has 0 radical (unpaired) electrons. The molecule has 0 atom stereocenters. The van der Waals surface area contributed by atoms with Crippen LogP contribution in [-0.2, 0) is 4.74 Å². The highest BCUT2D eigenvalue weighted by Gasteiger charge is 2.17. The fourth-order valence-corrected chi connectivity index (χ4v) is 2.88. The fourth-order valence-electron chi connectivity index (χ4n) is 2.88. The van der Waals surface area contributed by atoms with Gasteiger partial charge in [0.1, 0.15) is 11.4 Å². The van der Waals surface area contributed by atoms with Crippen molar-refractivity contribution in [3.63, 3.8) is 0 Å². The predicted molar refractivity (Wildman–Crippen MR) is 108 cm³/mol. The van der Waals surface area contributed by atoms with Crippen LogP contribution in [0.25, 0.3) is 5.69 Å². The van der Waals surface area contributed by atoms with E-state index in [0.29, 0.717) is 11.3 Å². The summed E-state index contributed by atoms with van der Waals surface area (Å²) in [7, 11) is 0. The predicted octanol–water partition coefficient (Wildman–Crippen LogP) is 3.50. The molecule has 0 saturated heterocycles. The van der Waals surface area contributed by atoms with E-state index < -0.39 is 5.97 Å². The Labute approximate surface area is 163 Å². The summed E-state index contributed by atoms with van der Waals surface area (Å²) >= 11 is 0. The number of amides is 1. The Morgan fingerprint density at radius 1 is 1.11 bits per heavy atom. The number of rotatable bonds is 5. The normalized spacial score (nSPS) is 10.5. The summed E-state index contributed by atoms with van der Waals surface area (Å²) in [5.41, 5.74) is 10.2. The van der Waals surface area contributed by atoms with Gasteiger partial charge in [-0.1, -0.05) is 18.2 Å². The molecule has 2 aromatic carbocycles. The molecule has 7 heteroatoms. The summed E-state index contributed by atoms with van der Waals surface area (Å²) in [6, 6.07) is 12.7. The molecular weight excluding hydrogens is 356 g/mol. The van der Waals surface area contributed by atoms with Crippen molar-refractivity contribution in [2.24, 2.45) is 0 Å². The number of para-hydroxylation sites is 1. The minimum Gasteiger partial charge on any atom is -0.462 e. The molecule has 0 bridgehead atoms. The lowest BCUT2D eigenvalue weighted by molar-refractivity contribution is 0.0527. The number of nitrogen functional groups attached to an aromatic ring is 1. The minimum absolute atomic E-state index is 0.186. The van der Waals surface area contributed by atoms with E-state index in [1.165, 1.54) is 10.9 Å². The minimum atomic E-state index is -0.518. The SMILES string of the molecule is CCOC(=O)c1cnn(-c2ccc(C(=O)Nc3c(C)cccc3C)cc2)c1N. The van der Waals surface area contributed by atoms with Crippen LogP contribution < -0.4 is 11.1 Å². The lowest BCUT2D eigenvalue weighted by Gasteiger charge is -2.12. The van der Waals surface area contributed by atoms with Crippen molar-refractivity contribution < 1.29 is 14.3 Å². The van der Waals surface area contributed by atoms with Crippen molar-refractivity contribution in [2.45, 2.75) is 20.8 Å². The van der Waals surface area contributed by atoms with E-state index in [1.54, 1.807) is 31.2 Å². The van der Waals surface area contributed by atoms with Crippen LogP contribution in [0.15, 0.2) is 48.7 Å². The quantitative estimate of drug-likeness (QED) is 0.662. The molecule has 7 nitrogen and oxygen atoms in total. The molecular formula is C21H22N4O3. The monoisotopic (exact) mass is 378 g/mol. The first-order valence-electron chi connectivity index (χ1n) is 8.91. The number of hydrogen-bond acceptors (Lipinski definition) is 5. The molecule has 3 aromatic rings. The van der Waals surface area contributed by atoms with Gasteiger partial charge in [-0.25, -0.2) is 9.48 Å². The van der Waals surface area contributed by atoms with Gasteiger partial charge in [0.25, 0.3) is 5.91 Å². The van der Waals surface area contributed by atoms with E-state index >= 15 is 0 Å². The lowest BCUT2D eigenvalue weighted by atomic mass is 10.1. The molecule has 0 aliphatic heterocycles. The van der Waals surface area contributed by atoms with Crippen LogP contribution in [0.2, 0.25) is 0 Å². The van der Waals surface area contributed by atoms with Crippen molar-refractivity contribution in [3.05, 3.63) is 70.9 Å². The number of nitrogens with one attached hydrogen (secondary N) is 1. The number of carbonyl (C=O) groups excluding carboxylic acids is 2. The number of esters is 1. The largest absolute Gasteiger partial charge is 0.462 e. The van der Waals surface area contributed by atoms with Crippen molar-refractivity contribution in [1.82, 2.24) is 9.78 Å². The van der Waals surface area contributed by atoms with Crippen LogP contribution in [0.1, 0.15) is 38.8 Å². The summed E-state index contributed by atoms with van der Waals surface area (Å²) < 4.78 is 6.39. The number of aryl methyl sites for hydroxylation is 2. The highest BCUT2D eigenvalue weighted by Crippen LogP contribution is 2.22. The highest BCUT2D eigenvalue weighted by atomic mass is 16.5. The standard InChI is InChI=1S/C21H22N4O3/c1-4-28-21(27)17-12-23-25(19(17)22)16-10-8-15(9-11-16)20(26)24-18-13(2)6-5-7-14(18)3/h5-12H,4,22H2,1-3H3,(H,24,26). The van der Waals surface area contributed by atoms with Crippen molar-refractivity contribution in [1.29, 1.82) is 0 Å². The number of ether oxygens (including phenoxy) is 1. The zero-order valence-electron chi connectivity index (χ0n) is 16.0. The molecule has 1 amide bonds. The summed E-state index contributed by atoms with van der Waals surface area (Å²) in [6.45, 7) is 5.88. The average molecular weight is 378 g/mol. The number of nitrogens with two attached hydrogens (primary N) is 1. The van der Waals surface area contributed by atoms with Crippen LogP contribution in [0.3, 0.4) is 0 Å². The van der Waals surface area contributed by atoms with E-state index in [-0.39, 0.29) is 23.9 Å². The van der Waals surface area contributed by atoms with Gasteiger partial charge in [0.15, 0.2) is 0 Å². The Bertz CT molecular complexity index is 1000. The molecule has 0 saturated carbocycles. The van der Waals surface area contributed by atoms with Crippen LogP contribution in [0.4, 0.5) is 11.5 Å². The van der Waals surface area contributed by atoms with Gasteiger partial charge in [-0.3, -0.25) is 4.79 Å². The van der Waals surface area contributed by atoms with E-state index in [2.05, 4.69) is 10.4 Å². The van der Waals surface area contributed by atoms with Gasteiger partial charge in [-0.2, -0.15) is 5.10 Å². The van der Waals surface area contributed by atoms with Crippen molar-refractivity contribution in [2.75, 3.05) is 17.7 Å². The number of nitrogens with zero attached hydrogens (tertiary/aromatic N) is 2. The van der Waals surface area contributed by atoms with E-state index in [0.717, 1.165) is 16.8 Å². The topological polar surface area (TPSA) is 99.2 Å². The first-order chi connectivity index (χ1) is 13.4. The molecule has 0 unspecified atom stereocenters. The third-order valence-electron chi connectivity index (χ3n) is 4.40. The Hall–Kier alpha value is -3.61. The number of carbonyl (C=O) groups is 2. The maximum Gasteiger partial charge on any atom is 0.343 e. The molecule has 28 heavy (non-hydrogen) atoms. The molecule has 1 heterocycles. The summed E-state index contributed by atoms with van der Waals surface area (Å²) in [6.07, 6.45) is 1.37. The van der Waals surface area contributed by atoms with Gasteiger partial charge in [-0.05, 0) is 56.2 Å². The van der Waals surface area contributed by atoms with Gasteiger partial charge >= 0.3 is 5.97 Å². The lowest BCUT2D eigenvalue weighted by Crippen LogP contribution is -2.14. The van der Waals surface area contributed by atoms with Gasteiger partial charge in [0.05, 0.1) is 18.5 Å². The van der Waals surface area contributed by atoms with Crippen LogP contribution in [-0.4, -0.2) is 28.3 Å². The Morgan fingerprint density at radius 2 is 1.75 bits per heavy atom. The van der Waals surface area contributed by atoms with Crippen LogP contribution in [0.5, 0.6) is 0 Å². The molecule has 3 N–H and O–H groups in total. The fraction of sp³-hybridized carbons (Fsp3) is 0.190. The van der Waals surface area contributed by atoms with Crippen molar-refractivity contribution >= 4 is 23.4 Å². The maximum absolute atomic E-state index is 12.6. The van der Waals surface area contributed by atoms with E-state index in [9.17, 15) is 9.59 Å². The van der Waals surface area contributed by atoms with Crippen LogP contribution >= 0.6 is 0 Å².